The molecule has 12 rings (SSSR count). The van der Waals surface area contributed by atoms with Crippen LogP contribution in [0.15, 0.2) is 111 Å². The Hall–Kier alpha value is -7.14. The maximum atomic E-state index is 13.4. The highest BCUT2D eigenvalue weighted by Crippen LogP contribution is 2.38. The smallest absolute Gasteiger partial charge is 0.280 e. The number of likely N-dealkylation sites (N-methyl/N-ethyl adjacent to an activating group) is 3. The van der Waals surface area contributed by atoms with Gasteiger partial charge in [0.25, 0.3) is 30.6 Å². The Morgan fingerprint density at radius 2 is 0.745 bits per heavy atom. The first-order chi connectivity index (χ1) is 44.0. The summed E-state index contributed by atoms with van der Waals surface area (Å²) in [5, 5.41) is 9.04. The predicted molar refractivity (Wildman–Crippen MR) is 349 cm³/mol. The topological polar surface area (TPSA) is 333 Å². The lowest BCUT2D eigenvalue weighted by Gasteiger charge is -2.35. The number of hydrogen-bond donors (Lipinski definition) is 9. The summed E-state index contributed by atoms with van der Waals surface area (Å²) >= 11 is 21.3. The van der Waals surface area contributed by atoms with Crippen molar-refractivity contribution >= 4 is 134 Å². The molecule has 9 heterocycles. The summed E-state index contributed by atoms with van der Waals surface area (Å²) in [4.78, 5) is 63.3. The molecule has 94 heavy (non-hydrogen) atoms. The van der Waals surface area contributed by atoms with Crippen LogP contribution in [0.1, 0.15) is 59.8 Å². The molecule has 9 N–H and O–H groups in total. The van der Waals surface area contributed by atoms with Crippen molar-refractivity contribution in [1.29, 1.82) is 0 Å². The number of nitrogens with one attached hydrogen (secondary N) is 9. The number of carbonyl (C=O) groups excluding carboxylic acids is 3. The van der Waals surface area contributed by atoms with Gasteiger partial charge in [-0.25, -0.2) is 56.8 Å². The van der Waals surface area contributed by atoms with Gasteiger partial charge in [-0.2, -0.15) is 52.3 Å². The highest BCUT2D eigenvalue weighted by Gasteiger charge is 2.45. The molecule has 3 aromatic carbocycles. The van der Waals surface area contributed by atoms with E-state index in [0.29, 0.717) is 15.0 Å². The second-order valence-corrected chi connectivity index (χ2v) is 30.9. The number of thiazole rings is 3. The second-order valence-electron chi connectivity index (χ2n) is 21.2. The zero-order valence-electron chi connectivity index (χ0n) is 49.4. The van der Waals surface area contributed by atoms with E-state index in [1.807, 2.05) is 53.4 Å². The van der Waals surface area contributed by atoms with Crippen LogP contribution in [-0.2, 0) is 66.2 Å². The van der Waals surface area contributed by atoms with E-state index >= 15 is 0 Å². The van der Waals surface area contributed by atoms with Crippen molar-refractivity contribution in [2.75, 3.05) is 37.1 Å². The minimum atomic E-state index is -3.92. The quantitative estimate of drug-likeness (QED) is 0.0588. The number of H-pyrrole nitrogens is 3. The van der Waals surface area contributed by atoms with Gasteiger partial charge in [0.05, 0.1) is 69.0 Å². The fourth-order valence-corrected chi connectivity index (χ4v) is 17.5. The Bertz CT molecular complexity index is 4190. The summed E-state index contributed by atoms with van der Waals surface area (Å²) in [7, 11) is -2.14. The molecule has 0 spiro atoms. The predicted octanol–water partition coefficient (Wildman–Crippen LogP) is 6.56. The molecule has 3 amide bonds. The minimum Gasteiger partial charge on any atom is -0.325 e. The molecular weight excluding hydrogens is 1410 g/mol. The van der Waals surface area contributed by atoms with Gasteiger partial charge in [0.2, 0.25) is 36.7 Å². The number of benzene rings is 3. The third-order valence-electron chi connectivity index (χ3n) is 15.0. The van der Waals surface area contributed by atoms with Gasteiger partial charge in [-0.1, -0.05) is 42.2 Å². The molecule has 0 aliphatic carbocycles. The van der Waals surface area contributed by atoms with E-state index < -0.39 is 102 Å². The molecule has 6 aromatic heterocycles. The van der Waals surface area contributed by atoms with E-state index in [1.54, 1.807) is 37.6 Å². The third kappa shape index (κ3) is 15.9. The van der Waals surface area contributed by atoms with Gasteiger partial charge in [0, 0.05) is 56.8 Å². The molecule has 0 saturated carbocycles. The fourth-order valence-electron chi connectivity index (χ4n) is 9.85. The number of hydrogen-bond acceptors (Lipinski definition) is 15. The zero-order valence-corrected chi connectivity index (χ0v) is 56.6. The summed E-state index contributed by atoms with van der Waals surface area (Å²) in [6, 6.07) is 6.28. The maximum absolute atomic E-state index is 13.4. The molecular formula is C55H61Cl3F3N18O9S6+3. The number of aromatic amines is 3. The third-order valence-corrected chi connectivity index (χ3v) is 24.1. The number of carbonyl (C=O) groups is 3. The van der Waals surface area contributed by atoms with Crippen molar-refractivity contribution in [3.63, 3.8) is 0 Å². The van der Waals surface area contributed by atoms with Crippen molar-refractivity contribution in [3.05, 3.63) is 158 Å². The van der Waals surface area contributed by atoms with Gasteiger partial charge in [0.15, 0.2) is 17.1 Å². The second kappa shape index (κ2) is 29.1. The number of rotatable bonds is 12. The molecule has 3 aliphatic rings. The summed E-state index contributed by atoms with van der Waals surface area (Å²) in [5.41, 5.74) is 3.53. The SMILES string of the molecule is C.CN1C(C(=O)Nc2ccc(F)c(Cl)c2)CC(c2ncc(-c3c[nH]c[n+]3C)s2)NS1(=O)=O.CN1[C@@H](C(=O)Nc2ccc(F)c(Cl)c2)C[C@@H](c2ncc(-c3c[nH]c[n+]3C)s2)NS1(=O)=O.CN1[C@H](C(=O)Nc2ccc(F)c(Cl)c2)C[C@H](c2ncc(-c3c[nH]c[n+]3C)s2)NS1(=O)=O. The molecule has 27 nitrogen and oxygen atoms in total. The van der Waals surface area contributed by atoms with Gasteiger partial charge in [0.1, 0.15) is 69.2 Å². The van der Waals surface area contributed by atoms with Crippen LogP contribution < -0.4 is 43.8 Å². The van der Waals surface area contributed by atoms with Crippen molar-refractivity contribution < 1.29 is 66.5 Å². The molecule has 500 valence electrons. The summed E-state index contributed by atoms with van der Waals surface area (Å²) in [6.45, 7) is 0. The van der Waals surface area contributed by atoms with E-state index in [0.717, 1.165) is 62.8 Å². The standard InChI is InChI=1S/3C18H18ClFN6O3S2.CH4/c3*1-25-9-21-7-15(25)16-8-22-18(30-16)13-6-14(26(2)31(28,29)24-13)17(27)23-10-3-4-12(20)11(19)5-10;/h3*3-5,7-9,13-14,24H,6H2,1-2H3,(H,23,27);1H4/p+3/t2*13-,14+;;/m10../s1. The van der Waals surface area contributed by atoms with E-state index in [4.69, 9.17) is 34.8 Å². The first-order valence-electron chi connectivity index (χ1n) is 27.5. The Morgan fingerprint density at radius 1 is 0.489 bits per heavy atom. The largest absolute Gasteiger partial charge is 0.325 e. The molecule has 3 saturated heterocycles. The number of anilines is 3. The minimum absolute atomic E-state index is 0. The van der Waals surface area contributed by atoms with Crippen LogP contribution in [0, 0.1) is 17.5 Å². The first kappa shape index (κ1) is 71.2. The molecule has 3 fully saturated rings. The van der Waals surface area contributed by atoms with Gasteiger partial charge < -0.3 is 16.0 Å². The van der Waals surface area contributed by atoms with Gasteiger partial charge >= 0.3 is 0 Å². The van der Waals surface area contributed by atoms with E-state index in [2.05, 4.69) is 60.0 Å². The normalized spacial score (nSPS) is 20.9. The maximum Gasteiger partial charge on any atom is 0.280 e. The van der Waals surface area contributed by atoms with Crippen LogP contribution in [0.4, 0.5) is 30.2 Å². The van der Waals surface area contributed by atoms with Crippen LogP contribution in [0.25, 0.3) is 31.7 Å². The van der Waals surface area contributed by atoms with Crippen LogP contribution in [0.3, 0.4) is 0 Å². The van der Waals surface area contributed by atoms with Crippen LogP contribution in [0.5, 0.6) is 0 Å². The van der Waals surface area contributed by atoms with Crippen LogP contribution in [0.2, 0.25) is 15.1 Å². The monoisotopic (exact) mass is 1470 g/mol. The van der Waals surface area contributed by atoms with Crippen molar-refractivity contribution in [2.24, 2.45) is 21.1 Å². The van der Waals surface area contributed by atoms with Gasteiger partial charge in [-0.3, -0.25) is 14.4 Å². The highest BCUT2D eigenvalue weighted by molar-refractivity contribution is 7.87. The molecule has 3 aliphatic heterocycles. The average molecular weight is 1470 g/mol. The zero-order chi connectivity index (χ0) is 67.0. The molecule has 9 aromatic rings. The van der Waals surface area contributed by atoms with Gasteiger partial charge in [-0.15, -0.1) is 34.0 Å². The van der Waals surface area contributed by atoms with Crippen molar-refractivity contribution in [1.82, 2.24) is 57.0 Å². The molecule has 2 unspecified atom stereocenters. The number of amides is 3. The lowest BCUT2D eigenvalue weighted by Crippen LogP contribution is -2.55. The molecule has 39 heteroatoms. The Labute approximate surface area is 564 Å². The lowest BCUT2D eigenvalue weighted by atomic mass is 10.1. The number of nitrogens with zero attached hydrogens (tertiary/aromatic N) is 9. The van der Waals surface area contributed by atoms with Crippen molar-refractivity contribution in [2.45, 2.75) is 62.9 Å². The number of aryl methyl sites for hydroxylation is 3. The average Bonchev–Trinajstić information content (AvgIpc) is 1.31. The molecule has 0 bridgehead atoms. The van der Waals surface area contributed by atoms with Crippen LogP contribution in [-0.4, -0.2) is 125 Å². The van der Waals surface area contributed by atoms with E-state index in [-0.39, 0.29) is 58.8 Å². The Morgan fingerprint density at radius 3 is 0.968 bits per heavy atom. The highest BCUT2D eigenvalue weighted by atomic mass is 35.5. The molecule has 0 radical (unpaired) electrons. The fraction of sp³-hybridized carbons (Fsp3) is 0.291. The first-order valence-corrected chi connectivity index (χ1v) is 35.4. The number of halogens is 6. The summed E-state index contributed by atoms with van der Waals surface area (Å²) in [5.74, 6) is -3.48. The van der Waals surface area contributed by atoms with Crippen LogP contribution >= 0.6 is 68.8 Å². The van der Waals surface area contributed by atoms with E-state index in [1.165, 1.54) is 91.6 Å². The lowest BCUT2D eigenvalue weighted by molar-refractivity contribution is -0.659. The summed E-state index contributed by atoms with van der Waals surface area (Å²) in [6.07, 6.45) is 16.3. The Kier molecular flexibility index (Phi) is 22.0. The van der Waals surface area contributed by atoms with Gasteiger partial charge in [-0.05, 0) is 73.9 Å². The van der Waals surface area contributed by atoms with Crippen molar-refractivity contribution in [3.8, 4) is 31.7 Å². The number of aromatic nitrogens is 9. The number of imidazole rings is 3. The summed E-state index contributed by atoms with van der Waals surface area (Å²) < 4.78 is 132. The Balaban J connectivity index is 0.000000165. The molecule has 6 atom stereocenters. The van der Waals surface area contributed by atoms with E-state index in [9.17, 15) is 52.8 Å².